The summed E-state index contributed by atoms with van der Waals surface area (Å²) in [5.41, 5.74) is 2.26. The van der Waals surface area contributed by atoms with Crippen LogP contribution < -0.4 is 14.8 Å². The summed E-state index contributed by atoms with van der Waals surface area (Å²) in [6.45, 7) is 4.62. The molecule has 1 heterocycles. The Morgan fingerprint density at radius 3 is 2.81 bits per heavy atom. The Hall–Kier alpha value is -3.02. The summed E-state index contributed by atoms with van der Waals surface area (Å²) >= 11 is 0. The number of hydrogen-bond donors (Lipinski definition) is 1. The zero-order chi connectivity index (χ0) is 19.2. The number of methoxy groups -OCH3 is 1. The molecule has 0 saturated carbocycles. The predicted molar refractivity (Wildman–Crippen MR) is 103 cm³/mol. The first-order valence-corrected chi connectivity index (χ1v) is 9.05. The molecule has 1 atom stereocenters. The van der Waals surface area contributed by atoms with E-state index in [1.807, 2.05) is 49.4 Å². The summed E-state index contributed by atoms with van der Waals surface area (Å²) in [7, 11) is 1.61. The van der Waals surface area contributed by atoms with Gasteiger partial charge in [0.2, 0.25) is 5.91 Å². The molecule has 0 fully saturated rings. The number of hydrogen-bond acceptors (Lipinski definition) is 5. The van der Waals surface area contributed by atoms with Crippen LogP contribution in [0.3, 0.4) is 0 Å². The van der Waals surface area contributed by atoms with Gasteiger partial charge in [0.05, 0.1) is 26.2 Å². The van der Waals surface area contributed by atoms with Crippen LogP contribution in [0.4, 0.5) is 0 Å². The van der Waals surface area contributed by atoms with E-state index in [-0.39, 0.29) is 18.4 Å². The second kappa shape index (κ2) is 8.58. The zero-order valence-electron chi connectivity index (χ0n) is 15.8. The standard InChI is InChI=1S/C21H24N2O4/c1-4-11-26-19-10-9-15(12-20(19)25-3)14(2)22-21(24)13-17-16-7-5-6-8-18(16)27-23-17/h5-10,12,14H,4,11,13H2,1-3H3,(H,22,24). The van der Waals surface area contributed by atoms with Gasteiger partial charge in [-0.15, -0.1) is 0 Å². The summed E-state index contributed by atoms with van der Waals surface area (Å²) in [4.78, 5) is 12.5. The van der Waals surface area contributed by atoms with Gasteiger partial charge in [0.15, 0.2) is 17.1 Å². The van der Waals surface area contributed by atoms with Gasteiger partial charge >= 0.3 is 0 Å². The van der Waals surface area contributed by atoms with Crippen LogP contribution in [-0.4, -0.2) is 24.8 Å². The van der Waals surface area contributed by atoms with Crippen LogP contribution in [-0.2, 0) is 11.2 Å². The van der Waals surface area contributed by atoms with E-state index in [4.69, 9.17) is 14.0 Å². The molecule has 3 aromatic rings. The molecular weight excluding hydrogens is 344 g/mol. The Morgan fingerprint density at radius 1 is 1.22 bits per heavy atom. The maximum absolute atomic E-state index is 12.5. The summed E-state index contributed by atoms with van der Waals surface area (Å²) < 4.78 is 16.3. The van der Waals surface area contributed by atoms with E-state index >= 15 is 0 Å². The molecule has 1 aromatic heterocycles. The average Bonchev–Trinajstić information content (AvgIpc) is 3.09. The Bertz CT molecular complexity index is 919. The highest BCUT2D eigenvalue weighted by atomic mass is 16.5. The number of benzene rings is 2. The quantitative estimate of drug-likeness (QED) is 0.649. The van der Waals surface area contributed by atoms with Crippen molar-refractivity contribution in [3.8, 4) is 11.5 Å². The Morgan fingerprint density at radius 2 is 2.04 bits per heavy atom. The Balaban J connectivity index is 1.67. The number of rotatable bonds is 8. The molecule has 2 aromatic carbocycles. The largest absolute Gasteiger partial charge is 0.493 e. The number of carbonyl (C=O) groups excluding carboxylic acids is 1. The highest BCUT2D eigenvalue weighted by Gasteiger charge is 2.16. The third kappa shape index (κ3) is 4.39. The normalized spacial score (nSPS) is 12.0. The number of carbonyl (C=O) groups is 1. The fourth-order valence-corrected chi connectivity index (χ4v) is 2.88. The van der Waals surface area contributed by atoms with Gasteiger partial charge in [-0.1, -0.05) is 30.3 Å². The number of para-hydroxylation sites is 1. The van der Waals surface area contributed by atoms with Crippen LogP contribution in [0.25, 0.3) is 11.0 Å². The molecule has 1 unspecified atom stereocenters. The molecule has 0 saturated heterocycles. The minimum Gasteiger partial charge on any atom is -0.493 e. The van der Waals surface area contributed by atoms with E-state index in [0.29, 0.717) is 29.4 Å². The molecule has 27 heavy (non-hydrogen) atoms. The predicted octanol–water partition coefficient (Wildman–Crippen LogP) is 4.05. The third-order valence-electron chi connectivity index (χ3n) is 4.31. The van der Waals surface area contributed by atoms with Gasteiger partial charge in [-0.05, 0) is 43.2 Å². The van der Waals surface area contributed by atoms with Gasteiger partial charge in [-0.3, -0.25) is 4.79 Å². The Kier molecular flexibility index (Phi) is 5.96. The number of amides is 1. The van der Waals surface area contributed by atoms with Gasteiger partial charge < -0.3 is 19.3 Å². The zero-order valence-corrected chi connectivity index (χ0v) is 15.8. The van der Waals surface area contributed by atoms with E-state index in [2.05, 4.69) is 17.4 Å². The van der Waals surface area contributed by atoms with Crippen molar-refractivity contribution in [3.63, 3.8) is 0 Å². The summed E-state index contributed by atoms with van der Waals surface area (Å²) in [5.74, 6) is 1.24. The fourth-order valence-electron chi connectivity index (χ4n) is 2.88. The van der Waals surface area contributed by atoms with E-state index in [0.717, 1.165) is 17.4 Å². The molecular formula is C21H24N2O4. The van der Waals surface area contributed by atoms with Crippen molar-refractivity contribution in [2.24, 2.45) is 0 Å². The van der Waals surface area contributed by atoms with Crippen LogP contribution in [0.1, 0.15) is 37.6 Å². The van der Waals surface area contributed by atoms with Crippen molar-refractivity contribution in [1.82, 2.24) is 10.5 Å². The summed E-state index contributed by atoms with van der Waals surface area (Å²) in [6, 6.07) is 13.0. The molecule has 0 aliphatic rings. The lowest BCUT2D eigenvalue weighted by Crippen LogP contribution is -2.28. The minimum atomic E-state index is -0.176. The van der Waals surface area contributed by atoms with Crippen molar-refractivity contribution >= 4 is 16.9 Å². The molecule has 142 valence electrons. The molecule has 0 radical (unpaired) electrons. The van der Waals surface area contributed by atoms with Crippen molar-refractivity contribution in [2.75, 3.05) is 13.7 Å². The fraction of sp³-hybridized carbons (Fsp3) is 0.333. The van der Waals surface area contributed by atoms with Crippen molar-refractivity contribution in [3.05, 3.63) is 53.7 Å². The van der Waals surface area contributed by atoms with Gasteiger partial charge in [-0.25, -0.2) is 0 Å². The van der Waals surface area contributed by atoms with Gasteiger partial charge in [0.1, 0.15) is 5.69 Å². The van der Waals surface area contributed by atoms with Crippen molar-refractivity contribution in [2.45, 2.75) is 32.7 Å². The first-order chi connectivity index (χ1) is 13.1. The highest BCUT2D eigenvalue weighted by molar-refractivity contribution is 5.86. The topological polar surface area (TPSA) is 73.6 Å². The molecule has 0 aliphatic carbocycles. The average molecular weight is 368 g/mol. The SMILES string of the molecule is CCCOc1ccc(C(C)NC(=O)Cc2noc3ccccc23)cc1OC. The van der Waals surface area contributed by atoms with Crippen LogP contribution in [0.2, 0.25) is 0 Å². The second-order valence-electron chi connectivity index (χ2n) is 6.35. The molecule has 6 nitrogen and oxygen atoms in total. The van der Waals surface area contributed by atoms with Crippen LogP contribution in [0, 0.1) is 0 Å². The molecule has 1 amide bonds. The molecule has 0 aliphatic heterocycles. The van der Waals surface area contributed by atoms with Crippen molar-refractivity contribution in [1.29, 1.82) is 0 Å². The second-order valence-corrected chi connectivity index (χ2v) is 6.35. The summed E-state index contributed by atoms with van der Waals surface area (Å²) in [6.07, 6.45) is 1.09. The number of fused-ring (bicyclic) bond motifs is 1. The minimum absolute atomic E-state index is 0.119. The lowest BCUT2D eigenvalue weighted by molar-refractivity contribution is -0.121. The van der Waals surface area contributed by atoms with E-state index < -0.39 is 0 Å². The maximum Gasteiger partial charge on any atom is 0.226 e. The Labute approximate surface area is 158 Å². The number of aromatic nitrogens is 1. The first kappa shape index (κ1) is 18.8. The number of ether oxygens (including phenoxy) is 2. The van der Waals surface area contributed by atoms with Crippen LogP contribution >= 0.6 is 0 Å². The van der Waals surface area contributed by atoms with Gasteiger partial charge in [-0.2, -0.15) is 0 Å². The molecule has 0 bridgehead atoms. The smallest absolute Gasteiger partial charge is 0.226 e. The van der Waals surface area contributed by atoms with Crippen LogP contribution in [0.5, 0.6) is 11.5 Å². The van der Waals surface area contributed by atoms with Gasteiger partial charge in [0.25, 0.3) is 0 Å². The summed E-state index contributed by atoms with van der Waals surface area (Å²) in [5, 5.41) is 7.87. The monoisotopic (exact) mass is 368 g/mol. The first-order valence-electron chi connectivity index (χ1n) is 9.05. The molecule has 3 rings (SSSR count). The molecule has 6 heteroatoms. The van der Waals surface area contributed by atoms with E-state index in [1.165, 1.54) is 0 Å². The highest BCUT2D eigenvalue weighted by Crippen LogP contribution is 2.30. The number of nitrogens with one attached hydrogen (secondary N) is 1. The lowest BCUT2D eigenvalue weighted by atomic mass is 10.1. The molecule has 0 spiro atoms. The lowest BCUT2D eigenvalue weighted by Gasteiger charge is -2.17. The van der Waals surface area contributed by atoms with Gasteiger partial charge in [0, 0.05) is 5.39 Å². The van der Waals surface area contributed by atoms with Crippen molar-refractivity contribution < 1.29 is 18.8 Å². The third-order valence-corrected chi connectivity index (χ3v) is 4.31. The number of nitrogens with zero attached hydrogens (tertiary/aromatic N) is 1. The maximum atomic E-state index is 12.5. The van der Waals surface area contributed by atoms with Crippen LogP contribution in [0.15, 0.2) is 47.0 Å². The van der Waals surface area contributed by atoms with E-state index in [1.54, 1.807) is 7.11 Å². The molecule has 1 N–H and O–H groups in total. The van der Waals surface area contributed by atoms with E-state index in [9.17, 15) is 4.79 Å².